The van der Waals surface area contributed by atoms with Gasteiger partial charge in [0.15, 0.2) is 0 Å². The van der Waals surface area contributed by atoms with Gasteiger partial charge in [0.1, 0.15) is 0 Å². The maximum absolute atomic E-state index is 2.31. The maximum Gasteiger partial charge on any atom is -0.00187 e. The summed E-state index contributed by atoms with van der Waals surface area (Å²) in [5, 5.41) is 0. The van der Waals surface area contributed by atoms with Gasteiger partial charge in [-0.15, -0.1) is 0 Å². The predicted octanol–water partition coefficient (Wildman–Crippen LogP) is 4.35. The summed E-state index contributed by atoms with van der Waals surface area (Å²) in [4.78, 5) is 0. The third-order valence-corrected chi connectivity index (χ3v) is 3.32. The third kappa shape index (κ3) is 10.3. The molecule has 0 aromatic heterocycles. The SMILES string of the molecule is CCCCCCSCC(C)(C)C. The summed E-state index contributed by atoms with van der Waals surface area (Å²) in [6.07, 6.45) is 5.60. The van der Waals surface area contributed by atoms with Gasteiger partial charge in [0.25, 0.3) is 0 Å². The van der Waals surface area contributed by atoms with Gasteiger partial charge in [0, 0.05) is 0 Å². The molecule has 0 aliphatic carbocycles. The average Bonchev–Trinajstić information content (AvgIpc) is 1.94. The van der Waals surface area contributed by atoms with Gasteiger partial charge in [-0.25, -0.2) is 0 Å². The van der Waals surface area contributed by atoms with Crippen LogP contribution in [0.3, 0.4) is 0 Å². The largest absolute Gasteiger partial charge is 0.161 e. The Kier molecular flexibility index (Phi) is 7.02. The Hall–Kier alpha value is 0.350. The fourth-order valence-electron chi connectivity index (χ4n) is 1.01. The van der Waals surface area contributed by atoms with E-state index >= 15 is 0 Å². The van der Waals surface area contributed by atoms with Crippen molar-refractivity contribution in [3.8, 4) is 0 Å². The summed E-state index contributed by atoms with van der Waals surface area (Å²) in [7, 11) is 0. The van der Waals surface area contributed by atoms with Gasteiger partial charge in [-0.05, 0) is 23.3 Å². The van der Waals surface area contributed by atoms with Crippen LogP contribution in [-0.2, 0) is 0 Å². The number of thioether (sulfide) groups is 1. The van der Waals surface area contributed by atoms with Gasteiger partial charge in [-0.1, -0.05) is 47.0 Å². The molecular formula is C11H24S. The minimum Gasteiger partial charge on any atom is -0.161 e. The lowest BCUT2D eigenvalue weighted by molar-refractivity contribution is 0.480. The average molecular weight is 188 g/mol. The van der Waals surface area contributed by atoms with Crippen LogP contribution in [0.15, 0.2) is 0 Å². The predicted molar refractivity (Wildman–Crippen MR) is 60.9 cm³/mol. The highest BCUT2D eigenvalue weighted by atomic mass is 32.2. The van der Waals surface area contributed by atoms with Crippen LogP contribution in [-0.4, -0.2) is 11.5 Å². The van der Waals surface area contributed by atoms with E-state index in [1.54, 1.807) is 0 Å². The van der Waals surface area contributed by atoms with Gasteiger partial charge in [-0.3, -0.25) is 0 Å². The van der Waals surface area contributed by atoms with Crippen LogP contribution in [0, 0.1) is 5.41 Å². The van der Waals surface area contributed by atoms with E-state index in [1.165, 1.54) is 37.2 Å². The maximum atomic E-state index is 2.31. The molecule has 0 radical (unpaired) electrons. The van der Waals surface area contributed by atoms with Crippen LogP contribution in [0.5, 0.6) is 0 Å². The van der Waals surface area contributed by atoms with Gasteiger partial charge in [0.05, 0.1) is 0 Å². The molecule has 1 heteroatoms. The second kappa shape index (κ2) is 6.82. The first-order valence-corrected chi connectivity index (χ1v) is 6.29. The van der Waals surface area contributed by atoms with Gasteiger partial charge >= 0.3 is 0 Å². The van der Waals surface area contributed by atoms with E-state index in [0.29, 0.717) is 5.41 Å². The molecule has 0 aromatic carbocycles. The van der Waals surface area contributed by atoms with Crippen molar-refractivity contribution in [1.82, 2.24) is 0 Å². The topological polar surface area (TPSA) is 0 Å². The molecule has 0 heterocycles. The van der Waals surface area contributed by atoms with Gasteiger partial charge in [0.2, 0.25) is 0 Å². The lowest BCUT2D eigenvalue weighted by Crippen LogP contribution is -2.08. The Bertz CT molecular complexity index is 91.7. The highest BCUT2D eigenvalue weighted by Gasteiger charge is 2.08. The zero-order valence-electron chi connectivity index (χ0n) is 9.15. The fourth-order valence-corrected chi connectivity index (χ4v) is 2.17. The van der Waals surface area contributed by atoms with E-state index in [9.17, 15) is 0 Å². The zero-order chi connectivity index (χ0) is 9.45. The lowest BCUT2D eigenvalue weighted by atomic mass is 10.0. The number of unbranched alkanes of at least 4 members (excludes halogenated alkanes) is 3. The van der Waals surface area contributed by atoms with Crippen molar-refractivity contribution in [1.29, 1.82) is 0 Å². The first kappa shape index (κ1) is 12.3. The second-order valence-corrected chi connectivity index (χ2v) is 5.78. The van der Waals surface area contributed by atoms with Crippen molar-refractivity contribution >= 4 is 11.8 Å². The molecule has 0 spiro atoms. The molecule has 0 aromatic rings. The second-order valence-electron chi connectivity index (χ2n) is 4.67. The summed E-state index contributed by atoms with van der Waals surface area (Å²) in [6.45, 7) is 9.20. The third-order valence-electron chi connectivity index (χ3n) is 1.68. The zero-order valence-corrected chi connectivity index (χ0v) is 9.97. The first-order chi connectivity index (χ1) is 5.56. The molecule has 0 nitrogen and oxygen atoms in total. The molecule has 0 N–H and O–H groups in total. The highest BCUT2D eigenvalue weighted by Crippen LogP contribution is 2.21. The van der Waals surface area contributed by atoms with Crippen molar-refractivity contribution in [2.45, 2.75) is 53.4 Å². The minimum absolute atomic E-state index is 0.509. The molecule has 0 saturated heterocycles. The number of hydrogen-bond acceptors (Lipinski definition) is 1. The molecule has 0 bridgehead atoms. The molecule has 0 rings (SSSR count). The van der Waals surface area contributed by atoms with Crippen LogP contribution in [0.1, 0.15) is 53.4 Å². The molecule has 0 aliphatic rings. The molecule has 74 valence electrons. The van der Waals surface area contributed by atoms with Crippen molar-refractivity contribution < 1.29 is 0 Å². The van der Waals surface area contributed by atoms with Crippen LogP contribution in [0.2, 0.25) is 0 Å². The molecule has 0 amide bonds. The van der Waals surface area contributed by atoms with E-state index in [2.05, 4.69) is 39.5 Å². The van der Waals surface area contributed by atoms with Crippen LogP contribution in [0.25, 0.3) is 0 Å². The summed E-state index contributed by atoms with van der Waals surface area (Å²) >= 11 is 2.11. The van der Waals surface area contributed by atoms with E-state index in [1.807, 2.05) is 0 Å². The van der Waals surface area contributed by atoms with Gasteiger partial charge in [-0.2, -0.15) is 11.8 Å². The molecule has 0 atom stereocenters. The van der Waals surface area contributed by atoms with Crippen LogP contribution in [0.4, 0.5) is 0 Å². The van der Waals surface area contributed by atoms with E-state index in [4.69, 9.17) is 0 Å². The summed E-state index contributed by atoms with van der Waals surface area (Å²) in [5.41, 5.74) is 0.509. The quantitative estimate of drug-likeness (QED) is 0.559. The van der Waals surface area contributed by atoms with Crippen molar-refractivity contribution in [3.05, 3.63) is 0 Å². The van der Waals surface area contributed by atoms with Crippen LogP contribution < -0.4 is 0 Å². The lowest BCUT2D eigenvalue weighted by Gasteiger charge is -2.16. The monoisotopic (exact) mass is 188 g/mol. The normalized spacial score (nSPS) is 12.0. The van der Waals surface area contributed by atoms with E-state index in [0.717, 1.165) is 0 Å². The Morgan fingerprint density at radius 3 is 2.17 bits per heavy atom. The fraction of sp³-hybridized carbons (Fsp3) is 1.00. The molecule has 0 saturated carbocycles. The first-order valence-electron chi connectivity index (χ1n) is 5.14. The van der Waals surface area contributed by atoms with Gasteiger partial charge < -0.3 is 0 Å². The molecule has 0 fully saturated rings. The summed E-state index contributed by atoms with van der Waals surface area (Å²) in [6, 6.07) is 0. The molecule has 12 heavy (non-hydrogen) atoms. The van der Waals surface area contributed by atoms with E-state index in [-0.39, 0.29) is 0 Å². The van der Waals surface area contributed by atoms with Crippen molar-refractivity contribution in [2.75, 3.05) is 11.5 Å². The standard InChI is InChI=1S/C11H24S/c1-5-6-7-8-9-12-10-11(2,3)4/h5-10H2,1-4H3. The summed E-state index contributed by atoms with van der Waals surface area (Å²) < 4.78 is 0. The molecular weight excluding hydrogens is 164 g/mol. The van der Waals surface area contributed by atoms with E-state index < -0.39 is 0 Å². The Morgan fingerprint density at radius 1 is 1.00 bits per heavy atom. The molecule has 0 unspecified atom stereocenters. The number of rotatable bonds is 6. The highest BCUT2D eigenvalue weighted by molar-refractivity contribution is 7.99. The Labute approximate surface area is 82.5 Å². The number of hydrogen-bond donors (Lipinski definition) is 0. The molecule has 0 aliphatic heterocycles. The smallest absolute Gasteiger partial charge is 0.00187 e. The van der Waals surface area contributed by atoms with Crippen molar-refractivity contribution in [3.63, 3.8) is 0 Å². The Morgan fingerprint density at radius 2 is 1.67 bits per heavy atom. The van der Waals surface area contributed by atoms with Crippen molar-refractivity contribution in [2.24, 2.45) is 5.41 Å². The Balaban J connectivity index is 3.01. The summed E-state index contributed by atoms with van der Waals surface area (Å²) in [5.74, 6) is 2.66. The minimum atomic E-state index is 0.509. The van der Waals surface area contributed by atoms with Crippen LogP contribution >= 0.6 is 11.8 Å².